The predicted octanol–water partition coefficient (Wildman–Crippen LogP) is 3.04. The molecule has 2 bridgehead atoms. The molecule has 0 aromatic heterocycles. The summed E-state index contributed by atoms with van der Waals surface area (Å²) in [5.41, 5.74) is -1.24. The molecule has 1 spiro atoms. The van der Waals surface area contributed by atoms with E-state index >= 15 is 0 Å². The number of nitrogens with one attached hydrogen (secondary N) is 2. The van der Waals surface area contributed by atoms with Crippen LogP contribution in [0.5, 0.6) is 0 Å². The third-order valence-corrected chi connectivity index (χ3v) is 7.98. The highest BCUT2D eigenvalue weighted by molar-refractivity contribution is 6.02. The number of amides is 3. The van der Waals surface area contributed by atoms with Crippen LogP contribution in [0.1, 0.15) is 52.1 Å². The van der Waals surface area contributed by atoms with Crippen LogP contribution in [-0.4, -0.2) is 57.1 Å². The van der Waals surface area contributed by atoms with Crippen LogP contribution >= 0.6 is 0 Å². The van der Waals surface area contributed by atoms with Crippen molar-refractivity contribution < 1.29 is 24.2 Å². The molecular weight excluding hydrogens is 470 g/mol. The summed E-state index contributed by atoms with van der Waals surface area (Å²) >= 11 is 0. The molecule has 0 radical (unpaired) electrons. The van der Waals surface area contributed by atoms with Gasteiger partial charge in [-0.1, -0.05) is 48.5 Å². The largest absolute Gasteiger partial charge is 0.394 e. The fourth-order valence-electron chi connectivity index (χ4n) is 6.61. The number of carbonyl (C=O) groups excluding carboxylic acids is 3. The summed E-state index contributed by atoms with van der Waals surface area (Å²) in [4.78, 5) is 43.4. The summed E-state index contributed by atoms with van der Waals surface area (Å²) in [7, 11) is 0. The third-order valence-electron chi connectivity index (χ3n) is 7.98. The van der Waals surface area contributed by atoms with Gasteiger partial charge in [-0.05, 0) is 58.2 Å². The Bertz CT molecular complexity index is 1200. The van der Waals surface area contributed by atoms with Crippen LogP contribution in [0.4, 0.5) is 5.69 Å². The van der Waals surface area contributed by atoms with E-state index in [0.717, 1.165) is 0 Å². The van der Waals surface area contributed by atoms with Crippen molar-refractivity contribution in [2.75, 3.05) is 11.9 Å². The number of carbonyl (C=O) groups is 3. The molecule has 2 unspecified atom stereocenters. The number of aliphatic hydroxyl groups is 1. The zero-order valence-corrected chi connectivity index (χ0v) is 21.7. The predicted molar refractivity (Wildman–Crippen MR) is 138 cm³/mol. The Balaban J connectivity index is 1.59. The summed E-state index contributed by atoms with van der Waals surface area (Å²) in [5, 5.41) is 16.5. The van der Waals surface area contributed by atoms with Gasteiger partial charge in [-0.2, -0.15) is 0 Å². The number of aliphatic hydroxyl groups excluding tert-OH is 1. The first-order valence-electron chi connectivity index (χ1n) is 12.9. The van der Waals surface area contributed by atoms with Crippen LogP contribution < -0.4 is 10.6 Å². The Morgan fingerprint density at radius 3 is 2.27 bits per heavy atom. The maximum atomic E-state index is 14.3. The van der Waals surface area contributed by atoms with Gasteiger partial charge in [0, 0.05) is 11.2 Å². The van der Waals surface area contributed by atoms with Gasteiger partial charge in [0.15, 0.2) is 0 Å². The van der Waals surface area contributed by atoms with E-state index in [1.807, 2.05) is 76.2 Å². The third kappa shape index (κ3) is 4.12. The molecule has 6 atom stereocenters. The van der Waals surface area contributed by atoms with Crippen LogP contribution in [0.2, 0.25) is 0 Å². The number of para-hydroxylation sites is 1. The molecule has 196 valence electrons. The van der Waals surface area contributed by atoms with Crippen LogP contribution in [0, 0.1) is 11.8 Å². The Labute approximate surface area is 217 Å². The van der Waals surface area contributed by atoms with Crippen molar-refractivity contribution in [3.05, 3.63) is 66.2 Å². The van der Waals surface area contributed by atoms with Gasteiger partial charge in [0.1, 0.15) is 11.6 Å². The lowest BCUT2D eigenvalue weighted by molar-refractivity contribution is -0.149. The lowest BCUT2D eigenvalue weighted by Gasteiger charge is -2.38. The van der Waals surface area contributed by atoms with Gasteiger partial charge < -0.3 is 25.4 Å². The lowest BCUT2D eigenvalue weighted by Crippen LogP contribution is -2.59. The van der Waals surface area contributed by atoms with E-state index < -0.39 is 40.7 Å². The van der Waals surface area contributed by atoms with Crippen molar-refractivity contribution in [2.45, 2.75) is 69.4 Å². The minimum Gasteiger partial charge on any atom is -0.394 e. The summed E-state index contributed by atoms with van der Waals surface area (Å²) in [6.07, 6.45) is 1.02. The van der Waals surface area contributed by atoms with Crippen LogP contribution in [0.25, 0.3) is 0 Å². The van der Waals surface area contributed by atoms with E-state index in [9.17, 15) is 19.5 Å². The monoisotopic (exact) mass is 505 g/mol. The standard InChI is InChI=1S/C29H35N3O5/c1-27(2,3)31-25(35)23-29-16-15-28(4,37-29)21(24(34)30-19-13-9-6-10-14-19)22(29)26(36)32(23)20(17-33)18-11-7-5-8-12-18/h5-14,20-23,33H,15-17H2,1-4H3,(H,30,34)(H,31,35)/t20-,21+,22+,23?,28-,29?/m1/s1. The average molecular weight is 506 g/mol. The number of benzene rings is 2. The summed E-state index contributed by atoms with van der Waals surface area (Å²) in [6.45, 7) is 7.15. The fraction of sp³-hybridized carbons (Fsp3) is 0.483. The Hall–Kier alpha value is -3.23. The minimum atomic E-state index is -1.16. The molecule has 5 rings (SSSR count). The summed E-state index contributed by atoms with van der Waals surface area (Å²) in [5.74, 6) is -2.60. The van der Waals surface area contributed by atoms with Crippen LogP contribution in [0.15, 0.2) is 60.7 Å². The number of anilines is 1. The highest BCUT2D eigenvalue weighted by Gasteiger charge is 2.78. The highest BCUT2D eigenvalue weighted by atomic mass is 16.5. The van der Waals surface area contributed by atoms with E-state index in [4.69, 9.17) is 4.74 Å². The molecule has 3 fully saturated rings. The normalized spacial score (nSPS) is 31.2. The molecule has 0 saturated carbocycles. The molecule has 3 saturated heterocycles. The minimum absolute atomic E-state index is 0.300. The zero-order chi connectivity index (χ0) is 26.6. The molecule has 3 aliphatic heterocycles. The first-order chi connectivity index (χ1) is 17.5. The van der Waals surface area contributed by atoms with Crippen LogP contribution in [0.3, 0.4) is 0 Å². The van der Waals surface area contributed by atoms with E-state index in [-0.39, 0.29) is 24.3 Å². The summed E-state index contributed by atoms with van der Waals surface area (Å²) in [6, 6.07) is 16.6. The van der Waals surface area contributed by atoms with E-state index in [2.05, 4.69) is 10.6 Å². The average Bonchev–Trinajstić information content (AvgIpc) is 3.41. The van der Waals surface area contributed by atoms with Gasteiger partial charge >= 0.3 is 0 Å². The Morgan fingerprint density at radius 1 is 1.05 bits per heavy atom. The van der Waals surface area contributed by atoms with Crippen molar-refractivity contribution in [3.8, 4) is 0 Å². The van der Waals surface area contributed by atoms with Crippen molar-refractivity contribution in [1.29, 1.82) is 0 Å². The first kappa shape index (κ1) is 25.4. The zero-order valence-electron chi connectivity index (χ0n) is 21.7. The van der Waals surface area contributed by atoms with Crippen molar-refractivity contribution in [1.82, 2.24) is 10.2 Å². The fourth-order valence-corrected chi connectivity index (χ4v) is 6.61. The van der Waals surface area contributed by atoms with E-state index in [1.165, 1.54) is 4.90 Å². The topological polar surface area (TPSA) is 108 Å². The van der Waals surface area contributed by atoms with E-state index in [0.29, 0.717) is 24.1 Å². The number of likely N-dealkylation sites (tertiary alicyclic amines) is 1. The molecular formula is C29H35N3O5. The molecule has 2 aromatic rings. The lowest BCUT2D eigenvalue weighted by atomic mass is 9.66. The van der Waals surface area contributed by atoms with Crippen molar-refractivity contribution in [2.24, 2.45) is 11.8 Å². The Kier molecular flexibility index (Phi) is 6.15. The van der Waals surface area contributed by atoms with Gasteiger partial charge in [-0.25, -0.2) is 0 Å². The molecule has 37 heavy (non-hydrogen) atoms. The number of fused-ring (bicyclic) bond motifs is 1. The van der Waals surface area contributed by atoms with Gasteiger partial charge in [0.2, 0.25) is 17.7 Å². The number of rotatable bonds is 6. The Morgan fingerprint density at radius 2 is 1.68 bits per heavy atom. The van der Waals surface area contributed by atoms with Gasteiger partial charge in [-0.3, -0.25) is 14.4 Å². The smallest absolute Gasteiger partial charge is 0.246 e. The molecule has 3 N–H and O–H groups in total. The molecule has 3 heterocycles. The molecule has 3 aliphatic rings. The summed E-state index contributed by atoms with van der Waals surface area (Å²) < 4.78 is 6.66. The maximum absolute atomic E-state index is 14.3. The van der Waals surface area contributed by atoms with E-state index in [1.54, 1.807) is 12.1 Å². The maximum Gasteiger partial charge on any atom is 0.246 e. The van der Waals surface area contributed by atoms with Crippen molar-refractivity contribution in [3.63, 3.8) is 0 Å². The molecule has 8 nitrogen and oxygen atoms in total. The van der Waals surface area contributed by atoms with Crippen molar-refractivity contribution >= 4 is 23.4 Å². The number of ether oxygens (including phenoxy) is 1. The molecule has 2 aromatic carbocycles. The van der Waals surface area contributed by atoms with Gasteiger partial charge in [0.25, 0.3) is 0 Å². The van der Waals surface area contributed by atoms with Gasteiger partial charge in [0.05, 0.1) is 30.1 Å². The second-order valence-electron chi connectivity index (χ2n) is 11.7. The number of hydrogen-bond acceptors (Lipinski definition) is 5. The number of hydrogen-bond donors (Lipinski definition) is 3. The molecule has 3 amide bonds. The molecule has 0 aliphatic carbocycles. The number of nitrogens with zero attached hydrogens (tertiary/aromatic N) is 1. The molecule has 8 heteroatoms. The van der Waals surface area contributed by atoms with Gasteiger partial charge in [-0.15, -0.1) is 0 Å². The van der Waals surface area contributed by atoms with Crippen LogP contribution in [-0.2, 0) is 19.1 Å². The second-order valence-corrected chi connectivity index (χ2v) is 11.7. The highest BCUT2D eigenvalue weighted by Crippen LogP contribution is 2.64. The SMILES string of the molecule is CC(C)(C)NC(=O)C1N([C@H](CO)c2ccccc2)C(=O)[C@@H]2[C@@H](C(=O)Nc3ccccc3)[C@@]3(C)CCC12O3. The first-order valence-corrected chi connectivity index (χ1v) is 12.9. The quantitative estimate of drug-likeness (QED) is 0.559. The second kappa shape index (κ2) is 8.96.